The zero-order valence-corrected chi connectivity index (χ0v) is 10.3. The molecule has 0 bridgehead atoms. The monoisotopic (exact) mass is 210 g/mol. The molecule has 0 spiro atoms. The molecule has 2 rings (SSSR count). The number of hydrogen-bond donors (Lipinski definition) is 1. The minimum absolute atomic E-state index is 0.366. The van der Waals surface area contributed by atoms with Crippen LogP contribution in [0.3, 0.4) is 0 Å². The average Bonchev–Trinajstić information content (AvgIpc) is 2.87. The van der Waals surface area contributed by atoms with Gasteiger partial charge < -0.3 is 5.73 Å². The normalized spacial score (nSPS) is 28.8. The van der Waals surface area contributed by atoms with Gasteiger partial charge in [-0.25, -0.2) is 0 Å². The van der Waals surface area contributed by atoms with Crippen LogP contribution in [0.2, 0.25) is 0 Å². The highest BCUT2D eigenvalue weighted by Crippen LogP contribution is 2.41. The summed E-state index contributed by atoms with van der Waals surface area (Å²) in [6, 6.07) is 0.373. The molecule has 1 saturated carbocycles. The molecule has 1 aliphatic carbocycles. The van der Waals surface area contributed by atoms with E-state index in [1.165, 1.54) is 51.6 Å². The molecular formula is C13H26N2. The largest absolute Gasteiger partial charge is 0.326 e. The van der Waals surface area contributed by atoms with Crippen LogP contribution in [-0.4, -0.2) is 29.6 Å². The van der Waals surface area contributed by atoms with Crippen molar-refractivity contribution in [3.8, 4) is 0 Å². The molecule has 1 atom stereocenters. The summed E-state index contributed by atoms with van der Waals surface area (Å²) >= 11 is 0. The molecule has 1 unspecified atom stereocenters. The van der Waals surface area contributed by atoms with E-state index in [1.807, 2.05) is 0 Å². The maximum atomic E-state index is 6.49. The molecule has 0 aromatic heterocycles. The van der Waals surface area contributed by atoms with Crippen LogP contribution in [-0.2, 0) is 0 Å². The van der Waals surface area contributed by atoms with E-state index in [1.54, 1.807) is 0 Å². The van der Waals surface area contributed by atoms with Crippen molar-refractivity contribution in [3.63, 3.8) is 0 Å². The Hall–Kier alpha value is -0.0800. The summed E-state index contributed by atoms with van der Waals surface area (Å²) in [7, 11) is 0. The Labute approximate surface area is 94.2 Å². The van der Waals surface area contributed by atoms with E-state index in [4.69, 9.17) is 5.73 Å². The van der Waals surface area contributed by atoms with Gasteiger partial charge in [0, 0.05) is 11.6 Å². The molecule has 1 saturated heterocycles. The molecule has 2 fully saturated rings. The Morgan fingerprint density at radius 2 is 1.53 bits per heavy atom. The third-order valence-corrected chi connectivity index (χ3v) is 4.54. The molecule has 0 aromatic rings. The number of likely N-dealkylation sites (tertiary alicyclic amines) is 1. The Bertz CT molecular complexity index is 197. The minimum atomic E-state index is 0.366. The minimum Gasteiger partial charge on any atom is -0.326 e. The van der Waals surface area contributed by atoms with Gasteiger partial charge in [-0.15, -0.1) is 0 Å². The third-order valence-electron chi connectivity index (χ3n) is 4.54. The lowest BCUT2D eigenvalue weighted by molar-refractivity contribution is 0.0746. The van der Waals surface area contributed by atoms with Gasteiger partial charge in [0.25, 0.3) is 0 Å². The van der Waals surface area contributed by atoms with E-state index < -0.39 is 0 Å². The van der Waals surface area contributed by atoms with E-state index >= 15 is 0 Å². The van der Waals surface area contributed by atoms with Gasteiger partial charge >= 0.3 is 0 Å². The highest BCUT2D eigenvalue weighted by Gasteiger charge is 2.45. The maximum absolute atomic E-state index is 6.49. The zero-order chi connectivity index (χ0) is 10.9. The van der Waals surface area contributed by atoms with Crippen LogP contribution in [0.15, 0.2) is 0 Å². The summed E-state index contributed by atoms with van der Waals surface area (Å²) in [6.45, 7) is 7.14. The highest BCUT2D eigenvalue weighted by atomic mass is 15.2. The molecular weight excluding hydrogens is 184 g/mol. The van der Waals surface area contributed by atoms with Crippen molar-refractivity contribution < 1.29 is 0 Å². The molecule has 2 N–H and O–H groups in total. The van der Waals surface area contributed by atoms with E-state index in [0.29, 0.717) is 17.5 Å². The molecule has 15 heavy (non-hydrogen) atoms. The smallest absolute Gasteiger partial charge is 0.0362 e. The topological polar surface area (TPSA) is 29.3 Å². The third kappa shape index (κ3) is 1.94. The molecule has 0 radical (unpaired) electrons. The van der Waals surface area contributed by atoms with Crippen molar-refractivity contribution in [1.29, 1.82) is 0 Å². The van der Waals surface area contributed by atoms with Crippen LogP contribution >= 0.6 is 0 Å². The Kier molecular flexibility index (Phi) is 3.36. The molecule has 2 heteroatoms. The fraction of sp³-hybridized carbons (Fsp3) is 1.00. The lowest BCUT2D eigenvalue weighted by atomic mass is 9.81. The molecule has 0 amide bonds. The van der Waals surface area contributed by atoms with Crippen molar-refractivity contribution in [3.05, 3.63) is 0 Å². The second-order valence-electron chi connectivity index (χ2n) is 5.77. The summed E-state index contributed by atoms with van der Waals surface area (Å²) in [5.74, 6) is 0.615. The van der Waals surface area contributed by atoms with Crippen LogP contribution in [0.25, 0.3) is 0 Å². The standard InChI is InChI=1S/C13H26N2/c1-11(2)12(14)13(7-3-4-8-13)15-9-5-6-10-15/h11-12H,3-10,14H2,1-2H3. The Balaban J connectivity index is 2.15. The molecule has 2 aliphatic rings. The Morgan fingerprint density at radius 1 is 1.00 bits per heavy atom. The summed E-state index contributed by atoms with van der Waals surface area (Å²) < 4.78 is 0. The summed E-state index contributed by atoms with van der Waals surface area (Å²) in [6.07, 6.45) is 8.21. The van der Waals surface area contributed by atoms with Crippen LogP contribution in [0, 0.1) is 5.92 Å². The van der Waals surface area contributed by atoms with Gasteiger partial charge in [0.1, 0.15) is 0 Å². The predicted molar refractivity (Wildman–Crippen MR) is 64.8 cm³/mol. The SMILES string of the molecule is CC(C)C(N)C1(N2CCCC2)CCCC1. The fourth-order valence-corrected chi connectivity index (χ4v) is 3.63. The van der Waals surface area contributed by atoms with Crippen molar-refractivity contribution in [2.24, 2.45) is 11.7 Å². The average molecular weight is 210 g/mol. The zero-order valence-electron chi connectivity index (χ0n) is 10.3. The van der Waals surface area contributed by atoms with E-state index in [2.05, 4.69) is 18.7 Å². The lowest BCUT2D eigenvalue weighted by Gasteiger charge is -2.45. The molecule has 88 valence electrons. The lowest BCUT2D eigenvalue weighted by Crippen LogP contribution is -2.59. The van der Waals surface area contributed by atoms with Crippen LogP contribution in [0.4, 0.5) is 0 Å². The van der Waals surface area contributed by atoms with Gasteiger partial charge in [0.2, 0.25) is 0 Å². The van der Waals surface area contributed by atoms with Crippen LogP contribution in [0.1, 0.15) is 52.4 Å². The van der Waals surface area contributed by atoms with Crippen molar-refractivity contribution in [1.82, 2.24) is 4.90 Å². The van der Waals surface area contributed by atoms with Crippen molar-refractivity contribution >= 4 is 0 Å². The predicted octanol–water partition coefficient (Wildman–Crippen LogP) is 2.38. The first-order valence-electron chi connectivity index (χ1n) is 6.67. The fourth-order valence-electron chi connectivity index (χ4n) is 3.63. The van der Waals surface area contributed by atoms with E-state index in [0.717, 1.165) is 0 Å². The maximum Gasteiger partial charge on any atom is 0.0362 e. The summed E-state index contributed by atoms with van der Waals surface area (Å²) in [5, 5.41) is 0. The molecule has 0 aromatic carbocycles. The summed E-state index contributed by atoms with van der Waals surface area (Å²) in [5.41, 5.74) is 6.86. The van der Waals surface area contributed by atoms with Crippen molar-refractivity contribution in [2.75, 3.05) is 13.1 Å². The van der Waals surface area contributed by atoms with Gasteiger partial charge in [-0.3, -0.25) is 4.90 Å². The number of nitrogens with zero attached hydrogens (tertiary/aromatic N) is 1. The number of rotatable bonds is 3. The van der Waals surface area contributed by atoms with Gasteiger partial charge in [-0.2, -0.15) is 0 Å². The first kappa shape index (κ1) is 11.4. The number of nitrogens with two attached hydrogens (primary N) is 1. The van der Waals surface area contributed by atoms with Crippen LogP contribution in [0.5, 0.6) is 0 Å². The van der Waals surface area contributed by atoms with Gasteiger partial charge in [0.05, 0.1) is 0 Å². The number of hydrogen-bond acceptors (Lipinski definition) is 2. The van der Waals surface area contributed by atoms with Crippen LogP contribution < -0.4 is 5.73 Å². The van der Waals surface area contributed by atoms with E-state index in [-0.39, 0.29) is 0 Å². The highest BCUT2D eigenvalue weighted by molar-refractivity contribution is 5.04. The molecule has 1 heterocycles. The van der Waals surface area contributed by atoms with E-state index in [9.17, 15) is 0 Å². The Morgan fingerprint density at radius 3 is 2.00 bits per heavy atom. The molecule has 1 aliphatic heterocycles. The van der Waals surface area contributed by atoms with Gasteiger partial charge in [0.15, 0.2) is 0 Å². The second-order valence-corrected chi connectivity index (χ2v) is 5.77. The second kappa shape index (κ2) is 4.42. The summed E-state index contributed by atoms with van der Waals surface area (Å²) in [4.78, 5) is 2.71. The first-order chi connectivity index (χ1) is 7.17. The quantitative estimate of drug-likeness (QED) is 0.775. The molecule has 2 nitrogen and oxygen atoms in total. The van der Waals surface area contributed by atoms with Gasteiger partial charge in [-0.05, 0) is 44.7 Å². The first-order valence-corrected chi connectivity index (χ1v) is 6.67. The van der Waals surface area contributed by atoms with Gasteiger partial charge in [-0.1, -0.05) is 26.7 Å². The van der Waals surface area contributed by atoms with Crippen molar-refractivity contribution in [2.45, 2.75) is 64.0 Å².